The van der Waals surface area contributed by atoms with E-state index in [1.165, 1.54) is 66.8 Å². The van der Waals surface area contributed by atoms with Crippen molar-refractivity contribution in [2.24, 2.45) is 0 Å². The van der Waals surface area contributed by atoms with E-state index in [-0.39, 0.29) is 0 Å². The quantitative estimate of drug-likeness (QED) is 0.147. The minimum absolute atomic E-state index is 0.507. The zero-order valence-corrected chi connectivity index (χ0v) is 44.0. The molecule has 0 fully saturated rings. The highest BCUT2D eigenvalue weighted by Crippen LogP contribution is 2.46. The van der Waals surface area contributed by atoms with Gasteiger partial charge in [0.05, 0.1) is 51.6 Å². The molecule has 0 aliphatic heterocycles. The van der Waals surface area contributed by atoms with Gasteiger partial charge in [0.15, 0.2) is 5.69 Å². The average Bonchev–Trinajstić information content (AvgIpc) is 3.90. The van der Waals surface area contributed by atoms with Crippen molar-refractivity contribution in [3.63, 3.8) is 0 Å². The van der Waals surface area contributed by atoms with Crippen LogP contribution >= 0.6 is 0 Å². The van der Waals surface area contributed by atoms with Crippen molar-refractivity contribution in [1.29, 1.82) is 5.26 Å². The Balaban J connectivity index is 1.22. The summed E-state index contributed by atoms with van der Waals surface area (Å²) in [5.41, 5.74) is 28.9. The van der Waals surface area contributed by atoms with Crippen LogP contribution in [0.3, 0.4) is 0 Å². The lowest BCUT2D eigenvalue weighted by molar-refractivity contribution is 1.10. The summed E-state index contributed by atoms with van der Waals surface area (Å²) in [6, 6.07) is 67.0. The standard InChI is InChI=1S/C71H56N4/c1-41-11-19-56(46(6)27-41)51-15-23-66-61(34-51)62-35-52(57-20-12-42(2)28-47(57)7)16-24-67(62)74(66)70-38-60(55-32-45(5)31-50(33-55)40-72)65(73-10)39-71(70)75-68-25-17-53(58-21-13-43(3)29-48(58)8)36-63(68)64-37-54(18-26-69(64)75)59-22-14-44(4)30-49(59)9/h11-39H,1-9H3. The minimum atomic E-state index is 0.507. The molecule has 4 heteroatoms. The van der Waals surface area contributed by atoms with E-state index in [4.69, 9.17) is 6.57 Å². The molecule has 0 atom stereocenters. The van der Waals surface area contributed by atoms with Crippen LogP contribution in [0.15, 0.2) is 176 Å². The monoisotopic (exact) mass is 964 g/mol. The van der Waals surface area contributed by atoms with E-state index in [0.29, 0.717) is 11.3 Å². The number of aromatic nitrogens is 2. The number of nitriles is 1. The summed E-state index contributed by atoms with van der Waals surface area (Å²) < 4.78 is 4.81. The van der Waals surface area contributed by atoms with Gasteiger partial charge in [0.25, 0.3) is 0 Å². The molecule has 0 radical (unpaired) electrons. The molecule has 0 saturated heterocycles. The summed E-state index contributed by atoms with van der Waals surface area (Å²) in [7, 11) is 0. The highest BCUT2D eigenvalue weighted by molar-refractivity contribution is 6.14. The lowest BCUT2D eigenvalue weighted by Gasteiger charge is -2.20. The van der Waals surface area contributed by atoms with Gasteiger partial charge in [0.2, 0.25) is 0 Å². The van der Waals surface area contributed by atoms with Crippen LogP contribution in [0.2, 0.25) is 0 Å². The van der Waals surface area contributed by atoms with Crippen molar-refractivity contribution in [2.45, 2.75) is 62.3 Å². The van der Waals surface area contributed by atoms with Gasteiger partial charge in [-0.2, -0.15) is 5.26 Å². The molecule has 0 bridgehead atoms. The average molecular weight is 965 g/mol. The zero-order valence-electron chi connectivity index (χ0n) is 44.0. The van der Waals surface area contributed by atoms with Crippen molar-refractivity contribution in [3.8, 4) is 73.1 Å². The number of aryl methyl sites for hydroxylation is 9. The van der Waals surface area contributed by atoms with Gasteiger partial charge in [-0.15, -0.1) is 0 Å². The third-order valence-corrected chi connectivity index (χ3v) is 15.5. The van der Waals surface area contributed by atoms with Gasteiger partial charge in [0, 0.05) is 21.5 Å². The first-order chi connectivity index (χ1) is 36.2. The van der Waals surface area contributed by atoms with E-state index < -0.39 is 0 Å². The predicted molar refractivity (Wildman–Crippen MR) is 316 cm³/mol. The minimum Gasteiger partial charge on any atom is -0.308 e. The summed E-state index contributed by atoms with van der Waals surface area (Å²) in [5, 5.41) is 14.8. The van der Waals surface area contributed by atoms with Crippen molar-refractivity contribution in [3.05, 3.63) is 243 Å². The highest BCUT2D eigenvalue weighted by Gasteiger charge is 2.25. The van der Waals surface area contributed by atoms with Crippen LogP contribution in [0.5, 0.6) is 0 Å². The van der Waals surface area contributed by atoms with Gasteiger partial charge in [-0.25, -0.2) is 4.85 Å². The molecule has 4 nitrogen and oxygen atoms in total. The zero-order chi connectivity index (χ0) is 52.0. The largest absolute Gasteiger partial charge is 0.308 e. The summed E-state index contributed by atoms with van der Waals surface area (Å²) in [5.74, 6) is 0. The maximum Gasteiger partial charge on any atom is 0.197 e. The Kier molecular flexibility index (Phi) is 11.3. The molecule has 75 heavy (non-hydrogen) atoms. The Labute approximate surface area is 439 Å². The van der Waals surface area contributed by atoms with E-state index in [2.05, 4.69) is 239 Å². The van der Waals surface area contributed by atoms with Crippen molar-refractivity contribution in [2.75, 3.05) is 0 Å². The number of rotatable bonds is 7. The van der Waals surface area contributed by atoms with Crippen molar-refractivity contribution in [1.82, 2.24) is 9.13 Å². The fourth-order valence-corrected chi connectivity index (χ4v) is 12.0. The van der Waals surface area contributed by atoms with Crippen LogP contribution in [0.25, 0.3) is 115 Å². The molecular formula is C71H56N4. The Morgan fingerprint density at radius 3 is 1.00 bits per heavy atom. The molecule has 0 spiro atoms. The van der Waals surface area contributed by atoms with Gasteiger partial charge in [-0.1, -0.05) is 125 Å². The second kappa shape index (κ2) is 18.1. The third-order valence-electron chi connectivity index (χ3n) is 15.5. The molecule has 0 N–H and O–H groups in total. The van der Waals surface area contributed by atoms with Crippen LogP contribution < -0.4 is 0 Å². The summed E-state index contributed by atoms with van der Waals surface area (Å²) in [6.07, 6.45) is 0. The second-order valence-electron chi connectivity index (χ2n) is 21.0. The Morgan fingerprint density at radius 1 is 0.333 bits per heavy atom. The molecule has 10 aromatic carbocycles. The lowest BCUT2D eigenvalue weighted by atomic mass is 9.95. The maximum absolute atomic E-state index is 10.3. The normalized spacial score (nSPS) is 11.5. The fraction of sp³-hybridized carbons (Fsp3) is 0.127. The maximum atomic E-state index is 10.3. The molecule has 0 amide bonds. The molecule has 0 aliphatic rings. The van der Waals surface area contributed by atoms with Gasteiger partial charge in [0.1, 0.15) is 0 Å². The van der Waals surface area contributed by atoms with Crippen LogP contribution in [-0.2, 0) is 0 Å². The van der Waals surface area contributed by atoms with Gasteiger partial charge >= 0.3 is 0 Å². The lowest BCUT2D eigenvalue weighted by Crippen LogP contribution is -2.04. The molecule has 0 aliphatic carbocycles. The molecule has 360 valence electrons. The molecule has 2 aromatic heterocycles. The van der Waals surface area contributed by atoms with Crippen molar-refractivity contribution < 1.29 is 0 Å². The van der Waals surface area contributed by atoms with Crippen LogP contribution in [0, 0.1) is 80.2 Å². The molecule has 0 saturated carbocycles. The molecule has 12 rings (SSSR count). The van der Waals surface area contributed by atoms with Gasteiger partial charge in [-0.05, 0) is 219 Å². The number of benzene rings is 10. The van der Waals surface area contributed by atoms with E-state index in [9.17, 15) is 5.26 Å². The molecule has 0 unspecified atom stereocenters. The van der Waals surface area contributed by atoms with Crippen LogP contribution in [0.4, 0.5) is 5.69 Å². The fourth-order valence-electron chi connectivity index (χ4n) is 12.0. The molecule has 12 aromatic rings. The summed E-state index contributed by atoms with van der Waals surface area (Å²) in [6.45, 7) is 28.3. The smallest absolute Gasteiger partial charge is 0.197 e. The predicted octanol–water partition coefficient (Wildman–Crippen LogP) is 19.4. The van der Waals surface area contributed by atoms with Crippen molar-refractivity contribution >= 4 is 49.3 Å². The highest BCUT2D eigenvalue weighted by atomic mass is 15.1. The van der Waals surface area contributed by atoms with E-state index in [1.807, 2.05) is 19.1 Å². The van der Waals surface area contributed by atoms with E-state index in [0.717, 1.165) is 93.9 Å². The first kappa shape index (κ1) is 46.8. The Bertz CT molecular complexity index is 4260. The Morgan fingerprint density at radius 2 is 0.680 bits per heavy atom. The number of hydrogen-bond acceptors (Lipinski definition) is 1. The Hall–Kier alpha value is -9.22. The third kappa shape index (κ3) is 7.99. The van der Waals surface area contributed by atoms with Crippen LogP contribution in [-0.4, -0.2) is 9.13 Å². The summed E-state index contributed by atoms with van der Waals surface area (Å²) in [4.78, 5) is 4.31. The van der Waals surface area contributed by atoms with E-state index >= 15 is 0 Å². The van der Waals surface area contributed by atoms with Crippen LogP contribution in [0.1, 0.15) is 55.6 Å². The first-order valence-corrected chi connectivity index (χ1v) is 25.8. The SMILES string of the molecule is [C-]#[N+]c1cc(-n2c3ccc(-c4ccc(C)cc4C)cc3c3cc(-c4ccc(C)cc4C)ccc32)c(-n2c3ccc(-c4ccc(C)cc4C)cc3c3cc(-c4ccc(C)cc4C)ccc32)cc1-c1cc(C)cc(C#N)c1. The van der Waals surface area contributed by atoms with Gasteiger partial charge in [-0.3, -0.25) is 0 Å². The van der Waals surface area contributed by atoms with E-state index in [1.54, 1.807) is 0 Å². The number of hydrogen-bond donors (Lipinski definition) is 0. The first-order valence-electron chi connectivity index (χ1n) is 25.8. The number of nitrogens with zero attached hydrogens (tertiary/aromatic N) is 4. The second-order valence-corrected chi connectivity index (χ2v) is 21.0. The number of fused-ring (bicyclic) bond motifs is 6. The molecule has 2 heterocycles. The van der Waals surface area contributed by atoms with Gasteiger partial charge < -0.3 is 9.13 Å². The molecular weight excluding hydrogens is 909 g/mol. The topological polar surface area (TPSA) is 38.0 Å². The summed E-state index contributed by atoms with van der Waals surface area (Å²) >= 11 is 0.